The van der Waals surface area contributed by atoms with Gasteiger partial charge in [-0.25, -0.2) is 0 Å². The number of amides is 1. The van der Waals surface area contributed by atoms with E-state index in [1.807, 2.05) is 6.07 Å². The van der Waals surface area contributed by atoms with Crippen molar-refractivity contribution in [3.63, 3.8) is 0 Å². The molecule has 0 aliphatic rings. The molecule has 124 valence electrons. The number of nitriles is 1. The topological polar surface area (TPSA) is 111 Å². The Morgan fingerprint density at radius 3 is 2.52 bits per heavy atom. The number of aliphatic hydroxyl groups is 1. The molecule has 0 radical (unpaired) electrons. The van der Waals surface area contributed by atoms with E-state index in [0.29, 0.717) is 0 Å². The van der Waals surface area contributed by atoms with Crippen molar-refractivity contribution >= 4 is 11.9 Å². The number of phenolic OH excluding ortho intramolecular Hbond substituents is 1. The second-order valence-corrected chi connectivity index (χ2v) is 5.65. The monoisotopic (exact) mass is 320 g/mol. The number of hydrogen-bond donors (Lipinski definition) is 2. The zero-order valence-electron chi connectivity index (χ0n) is 13.4. The highest BCUT2D eigenvalue weighted by Crippen LogP contribution is 2.22. The normalized spacial score (nSPS) is 10.7. The first-order valence-electron chi connectivity index (χ1n) is 7.03. The molecule has 2 N–H and O–H groups in total. The fourth-order valence-electron chi connectivity index (χ4n) is 2.21. The van der Waals surface area contributed by atoms with Crippen LogP contribution in [0.3, 0.4) is 0 Å². The number of carbonyl (C=O) groups is 2. The van der Waals surface area contributed by atoms with Gasteiger partial charge in [-0.05, 0) is 32.0 Å². The highest BCUT2D eigenvalue weighted by molar-refractivity contribution is 5.97. The number of carbonyl (C=O) groups excluding carboxylic acids is 2. The maximum Gasteiger partial charge on any atom is 0.303 e. The Labute approximate surface area is 134 Å². The largest absolute Gasteiger partial charge is 0.507 e. The van der Waals surface area contributed by atoms with Crippen LogP contribution in [0.15, 0.2) is 18.2 Å². The zero-order valence-corrected chi connectivity index (χ0v) is 13.4. The number of benzene rings is 1. The number of esters is 1. The Morgan fingerprint density at radius 1 is 1.39 bits per heavy atom. The predicted molar refractivity (Wildman–Crippen MR) is 81.7 cm³/mol. The van der Waals surface area contributed by atoms with E-state index in [0.717, 1.165) is 0 Å². The molecular weight excluding hydrogens is 300 g/mol. The molecule has 0 unspecified atom stereocenters. The number of nitrogens with zero attached hydrogens (tertiary/aromatic N) is 2. The summed E-state index contributed by atoms with van der Waals surface area (Å²) >= 11 is 0. The second-order valence-electron chi connectivity index (χ2n) is 5.65. The molecule has 0 heterocycles. The molecule has 0 bridgehead atoms. The fourth-order valence-corrected chi connectivity index (χ4v) is 2.21. The van der Waals surface area contributed by atoms with Crippen molar-refractivity contribution in [2.24, 2.45) is 0 Å². The summed E-state index contributed by atoms with van der Waals surface area (Å²) in [6.45, 7) is 4.34. The van der Waals surface area contributed by atoms with Gasteiger partial charge in [0.25, 0.3) is 5.91 Å². The quantitative estimate of drug-likeness (QED) is 0.758. The summed E-state index contributed by atoms with van der Waals surface area (Å²) in [7, 11) is 0. The van der Waals surface area contributed by atoms with Crippen molar-refractivity contribution in [1.29, 1.82) is 5.26 Å². The minimum atomic E-state index is -0.946. The molecule has 0 atom stereocenters. The van der Waals surface area contributed by atoms with Gasteiger partial charge in [0, 0.05) is 13.5 Å². The molecule has 7 nitrogen and oxygen atoms in total. The van der Waals surface area contributed by atoms with Gasteiger partial charge in [-0.3, -0.25) is 9.59 Å². The Kier molecular flexibility index (Phi) is 6.10. The lowest BCUT2D eigenvalue weighted by Crippen LogP contribution is -2.45. The van der Waals surface area contributed by atoms with E-state index in [9.17, 15) is 14.7 Å². The molecule has 1 aromatic carbocycles. The van der Waals surface area contributed by atoms with E-state index in [2.05, 4.69) is 0 Å². The van der Waals surface area contributed by atoms with Crippen LogP contribution in [-0.2, 0) is 9.53 Å². The third kappa shape index (κ3) is 5.27. The molecule has 1 rings (SSSR count). The lowest BCUT2D eigenvalue weighted by Gasteiger charge is -2.32. The first-order chi connectivity index (χ1) is 10.7. The average Bonchev–Trinajstić information content (AvgIpc) is 2.44. The first kappa shape index (κ1) is 18.5. The van der Waals surface area contributed by atoms with Crippen molar-refractivity contribution < 1.29 is 24.5 Å². The molecule has 0 fully saturated rings. The summed E-state index contributed by atoms with van der Waals surface area (Å²) in [6, 6.07) is 5.83. The summed E-state index contributed by atoms with van der Waals surface area (Å²) < 4.78 is 5.15. The maximum absolute atomic E-state index is 12.6. The van der Waals surface area contributed by atoms with Crippen LogP contribution < -0.4 is 0 Å². The summed E-state index contributed by atoms with van der Waals surface area (Å²) in [5, 5.41) is 27.8. The van der Waals surface area contributed by atoms with Crippen LogP contribution >= 0.6 is 0 Å². The van der Waals surface area contributed by atoms with Gasteiger partial charge >= 0.3 is 5.97 Å². The molecule has 0 saturated heterocycles. The van der Waals surface area contributed by atoms with Crippen LogP contribution in [0.2, 0.25) is 0 Å². The van der Waals surface area contributed by atoms with E-state index >= 15 is 0 Å². The molecule has 1 amide bonds. The molecule has 0 spiro atoms. The summed E-state index contributed by atoms with van der Waals surface area (Å²) in [5.74, 6) is -1.32. The number of aromatic hydroxyl groups is 1. The SMILES string of the molecule is CC(=O)OC(C)(C)CN(CCO)C(=O)c1ccc(C#N)cc1O. The molecule has 0 aliphatic heterocycles. The molecule has 23 heavy (non-hydrogen) atoms. The van der Waals surface area contributed by atoms with Crippen LogP contribution in [0, 0.1) is 11.3 Å². The van der Waals surface area contributed by atoms with Crippen LogP contribution in [0.1, 0.15) is 36.7 Å². The summed E-state index contributed by atoms with van der Waals surface area (Å²) in [4.78, 5) is 24.9. The van der Waals surface area contributed by atoms with Crippen molar-refractivity contribution in [2.45, 2.75) is 26.4 Å². The fraction of sp³-hybridized carbons (Fsp3) is 0.438. The van der Waals surface area contributed by atoms with E-state index in [1.54, 1.807) is 13.8 Å². The highest BCUT2D eigenvalue weighted by Gasteiger charge is 2.29. The minimum Gasteiger partial charge on any atom is -0.507 e. The lowest BCUT2D eigenvalue weighted by molar-refractivity contribution is -0.154. The van der Waals surface area contributed by atoms with Crippen LogP contribution in [-0.4, -0.2) is 52.3 Å². The van der Waals surface area contributed by atoms with Gasteiger partial charge in [0.15, 0.2) is 0 Å². The van der Waals surface area contributed by atoms with Crippen molar-refractivity contribution in [3.05, 3.63) is 29.3 Å². The van der Waals surface area contributed by atoms with Crippen molar-refractivity contribution in [3.8, 4) is 11.8 Å². The minimum absolute atomic E-state index is 0.0103. The van der Waals surface area contributed by atoms with Crippen molar-refractivity contribution in [2.75, 3.05) is 19.7 Å². The second kappa shape index (κ2) is 7.61. The van der Waals surface area contributed by atoms with Crippen molar-refractivity contribution in [1.82, 2.24) is 4.90 Å². The molecule has 0 aliphatic carbocycles. The molecule has 7 heteroatoms. The average molecular weight is 320 g/mol. The van der Waals surface area contributed by atoms with E-state index < -0.39 is 17.5 Å². The van der Waals surface area contributed by atoms with Gasteiger partial charge in [-0.1, -0.05) is 0 Å². The van der Waals surface area contributed by atoms with Gasteiger partial charge in [-0.2, -0.15) is 5.26 Å². The first-order valence-corrected chi connectivity index (χ1v) is 7.03. The molecule has 0 saturated carbocycles. The van der Waals surface area contributed by atoms with Gasteiger partial charge in [0.05, 0.1) is 30.3 Å². The van der Waals surface area contributed by atoms with E-state index in [1.165, 1.54) is 30.0 Å². The molecular formula is C16H20N2O5. The number of rotatable bonds is 6. The number of hydrogen-bond acceptors (Lipinski definition) is 6. The summed E-state index contributed by atoms with van der Waals surface area (Å²) in [6.07, 6.45) is 0. The van der Waals surface area contributed by atoms with Crippen LogP contribution in [0.4, 0.5) is 0 Å². The third-order valence-corrected chi connectivity index (χ3v) is 3.01. The number of ether oxygens (including phenoxy) is 1. The third-order valence-electron chi connectivity index (χ3n) is 3.01. The summed E-state index contributed by atoms with van der Waals surface area (Å²) in [5.41, 5.74) is -0.706. The zero-order chi connectivity index (χ0) is 17.6. The Hall–Kier alpha value is -2.59. The van der Waals surface area contributed by atoms with Gasteiger partial charge in [0.2, 0.25) is 0 Å². The smallest absolute Gasteiger partial charge is 0.303 e. The number of phenols is 1. The van der Waals surface area contributed by atoms with E-state index in [4.69, 9.17) is 15.1 Å². The van der Waals surface area contributed by atoms with Gasteiger partial charge in [0.1, 0.15) is 11.4 Å². The Bertz CT molecular complexity index is 634. The van der Waals surface area contributed by atoms with Gasteiger partial charge in [-0.15, -0.1) is 0 Å². The van der Waals surface area contributed by atoms with E-state index in [-0.39, 0.29) is 36.6 Å². The standard InChI is InChI=1S/C16H20N2O5/c1-11(20)23-16(2,3)10-18(6-7-19)15(22)13-5-4-12(9-17)8-14(13)21/h4-5,8,19,21H,6-7,10H2,1-3H3. The van der Waals surface area contributed by atoms with Gasteiger partial charge < -0.3 is 19.8 Å². The number of aliphatic hydroxyl groups excluding tert-OH is 1. The lowest BCUT2D eigenvalue weighted by atomic mass is 10.1. The highest BCUT2D eigenvalue weighted by atomic mass is 16.6. The Balaban J connectivity index is 3.03. The molecule has 0 aromatic heterocycles. The maximum atomic E-state index is 12.6. The van der Waals surface area contributed by atoms with Crippen LogP contribution in [0.5, 0.6) is 5.75 Å². The molecule has 1 aromatic rings. The predicted octanol–water partition coefficient (Wildman–Crippen LogP) is 1.04. The Morgan fingerprint density at radius 2 is 2.04 bits per heavy atom. The van der Waals surface area contributed by atoms with Crippen LogP contribution in [0.25, 0.3) is 0 Å².